The van der Waals surface area contributed by atoms with E-state index < -0.39 is 0 Å². The van der Waals surface area contributed by atoms with Crippen LogP contribution in [0.25, 0.3) is 0 Å². The molecule has 0 heterocycles. The van der Waals surface area contributed by atoms with Crippen LogP contribution in [0.2, 0.25) is 0 Å². The molecule has 1 aromatic rings. The van der Waals surface area contributed by atoms with Crippen LogP contribution < -0.4 is 9.47 Å². The van der Waals surface area contributed by atoms with Crippen LogP contribution in [-0.4, -0.2) is 19.5 Å². The van der Waals surface area contributed by atoms with Gasteiger partial charge in [-0.2, -0.15) is 0 Å². The van der Waals surface area contributed by atoms with Crippen molar-refractivity contribution in [2.24, 2.45) is 0 Å². The lowest BCUT2D eigenvalue weighted by molar-refractivity contribution is 0.351. The molecule has 0 bridgehead atoms. The summed E-state index contributed by atoms with van der Waals surface area (Å²) in [5, 5.41) is 1.07. The minimum Gasteiger partial charge on any atom is -0.493 e. The summed E-state index contributed by atoms with van der Waals surface area (Å²) in [4.78, 5) is 0. The van der Waals surface area contributed by atoms with Crippen molar-refractivity contribution in [1.29, 1.82) is 0 Å². The van der Waals surface area contributed by atoms with E-state index in [1.54, 1.807) is 14.2 Å². The molecule has 18 heavy (non-hydrogen) atoms. The van der Waals surface area contributed by atoms with E-state index in [1.165, 1.54) is 12.0 Å². The molecule has 0 unspecified atom stereocenters. The van der Waals surface area contributed by atoms with Gasteiger partial charge < -0.3 is 9.47 Å². The summed E-state index contributed by atoms with van der Waals surface area (Å²) < 4.78 is 10.7. The number of hydrogen-bond acceptors (Lipinski definition) is 2. The number of hydrogen-bond donors (Lipinski definition) is 0. The van der Waals surface area contributed by atoms with Crippen molar-refractivity contribution < 1.29 is 9.47 Å². The van der Waals surface area contributed by atoms with Gasteiger partial charge in [0.15, 0.2) is 11.5 Å². The number of halogens is 1. The zero-order valence-corrected chi connectivity index (χ0v) is 12.7. The fraction of sp³-hybridized carbons (Fsp3) is 0.467. The van der Waals surface area contributed by atoms with E-state index in [1.807, 2.05) is 12.1 Å². The topological polar surface area (TPSA) is 18.5 Å². The molecule has 0 N–H and O–H groups in total. The van der Waals surface area contributed by atoms with Gasteiger partial charge in [-0.15, -0.1) is 0 Å². The maximum absolute atomic E-state index is 5.41. The summed E-state index contributed by atoms with van der Waals surface area (Å²) in [6.07, 6.45) is 8.83. The third-order valence-corrected chi connectivity index (χ3v) is 3.30. The van der Waals surface area contributed by atoms with Gasteiger partial charge in [0.1, 0.15) is 0 Å². The number of allylic oxidation sites excluding steroid dienone is 2. The first-order chi connectivity index (χ1) is 8.83. The number of rotatable bonds is 8. The monoisotopic (exact) mass is 312 g/mol. The number of alkyl halides is 1. The van der Waals surface area contributed by atoms with Crippen LogP contribution in [0, 0.1) is 0 Å². The minimum atomic E-state index is 0.804. The average Bonchev–Trinajstić information content (AvgIpc) is 2.42. The number of aryl methyl sites for hydroxylation is 1. The van der Waals surface area contributed by atoms with E-state index in [9.17, 15) is 0 Å². The van der Waals surface area contributed by atoms with Gasteiger partial charge in [-0.3, -0.25) is 0 Å². The average molecular weight is 313 g/mol. The third kappa shape index (κ3) is 4.73. The molecular weight excluding hydrogens is 292 g/mol. The Morgan fingerprint density at radius 3 is 2.56 bits per heavy atom. The Hall–Kier alpha value is -0.960. The predicted molar refractivity (Wildman–Crippen MR) is 80.0 cm³/mol. The van der Waals surface area contributed by atoms with Crippen LogP contribution in [0.1, 0.15) is 24.8 Å². The quantitative estimate of drug-likeness (QED) is 0.403. The second-order valence-electron chi connectivity index (χ2n) is 3.99. The summed E-state index contributed by atoms with van der Waals surface area (Å²) in [6, 6.07) is 6.02. The van der Waals surface area contributed by atoms with Crippen LogP contribution >= 0.6 is 15.9 Å². The summed E-state index contributed by atoms with van der Waals surface area (Å²) in [7, 11) is 3.36. The van der Waals surface area contributed by atoms with Gasteiger partial charge in [0.25, 0.3) is 0 Å². The molecule has 0 saturated heterocycles. The van der Waals surface area contributed by atoms with Gasteiger partial charge in [-0.25, -0.2) is 0 Å². The first-order valence-corrected chi connectivity index (χ1v) is 7.36. The molecule has 0 atom stereocenters. The van der Waals surface area contributed by atoms with Crippen molar-refractivity contribution in [2.45, 2.75) is 25.7 Å². The van der Waals surface area contributed by atoms with Gasteiger partial charge in [-0.1, -0.05) is 40.2 Å². The molecule has 0 aromatic heterocycles. The van der Waals surface area contributed by atoms with Crippen LogP contribution in [0.3, 0.4) is 0 Å². The number of ether oxygens (including phenoxy) is 2. The van der Waals surface area contributed by atoms with Gasteiger partial charge >= 0.3 is 0 Å². The smallest absolute Gasteiger partial charge is 0.163 e. The van der Waals surface area contributed by atoms with Crippen molar-refractivity contribution in [3.05, 3.63) is 35.9 Å². The highest BCUT2D eigenvalue weighted by Gasteiger charge is 2.07. The Morgan fingerprint density at radius 2 is 1.89 bits per heavy atom. The molecule has 2 nitrogen and oxygen atoms in total. The first kappa shape index (κ1) is 15.1. The second-order valence-corrected chi connectivity index (χ2v) is 4.79. The van der Waals surface area contributed by atoms with Gasteiger partial charge in [-0.05, 0) is 37.3 Å². The molecule has 1 aromatic carbocycles. The summed E-state index contributed by atoms with van der Waals surface area (Å²) in [5.74, 6) is 1.66. The summed E-state index contributed by atoms with van der Waals surface area (Å²) >= 11 is 3.43. The van der Waals surface area contributed by atoms with Crippen molar-refractivity contribution in [2.75, 3.05) is 19.5 Å². The Kier molecular flexibility index (Phi) is 7.58. The van der Waals surface area contributed by atoms with Crippen LogP contribution in [0.5, 0.6) is 11.5 Å². The second kappa shape index (κ2) is 9.03. The Balaban J connectivity index is 2.54. The van der Waals surface area contributed by atoms with Crippen LogP contribution in [0.15, 0.2) is 30.4 Å². The van der Waals surface area contributed by atoms with E-state index in [-0.39, 0.29) is 0 Å². The van der Waals surface area contributed by atoms with Gasteiger partial charge in [0, 0.05) is 5.33 Å². The van der Waals surface area contributed by atoms with Crippen molar-refractivity contribution in [3.63, 3.8) is 0 Å². The van der Waals surface area contributed by atoms with Crippen molar-refractivity contribution in [1.82, 2.24) is 0 Å². The molecule has 0 aliphatic carbocycles. The van der Waals surface area contributed by atoms with Crippen molar-refractivity contribution in [3.8, 4) is 11.5 Å². The maximum Gasteiger partial charge on any atom is 0.163 e. The molecule has 100 valence electrons. The number of para-hydroxylation sites is 1. The lowest BCUT2D eigenvalue weighted by Crippen LogP contribution is -1.95. The highest BCUT2D eigenvalue weighted by atomic mass is 79.9. The molecule has 0 saturated carbocycles. The SMILES string of the molecule is COc1cccc(CC/C=C/CCCBr)c1OC. The van der Waals surface area contributed by atoms with Gasteiger partial charge in [0.05, 0.1) is 14.2 Å². The molecule has 0 radical (unpaired) electrons. The highest BCUT2D eigenvalue weighted by Crippen LogP contribution is 2.31. The van der Waals surface area contributed by atoms with Gasteiger partial charge in [0.2, 0.25) is 0 Å². The summed E-state index contributed by atoms with van der Waals surface area (Å²) in [6.45, 7) is 0. The fourth-order valence-electron chi connectivity index (χ4n) is 1.82. The van der Waals surface area contributed by atoms with E-state index in [4.69, 9.17) is 9.47 Å². The lowest BCUT2D eigenvalue weighted by Gasteiger charge is -2.11. The lowest BCUT2D eigenvalue weighted by atomic mass is 10.1. The molecule has 0 amide bonds. The van der Waals surface area contributed by atoms with E-state index in [0.29, 0.717) is 0 Å². The number of unbranched alkanes of at least 4 members (excludes halogenated alkanes) is 1. The van der Waals surface area contributed by atoms with Crippen molar-refractivity contribution >= 4 is 15.9 Å². The van der Waals surface area contributed by atoms with Crippen LogP contribution in [0.4, 0.5) is 0 Å². The normalized spacial score (nSPS) is 10.8. The van der Waals surface area contributed by atoms with E-state index in [0.717, 1.165) is 36.1 Å². The zero-order chi connectivity index (χ0) is 13.2. The molecule has 0 fully saturated rings. The largest absolute Gasteiger partial charge is 0.493 e. The fourth-order valence-corrected chi connectivity index (χ4v) is 2.14. The Morgan fingerprint density at radius 1 is 1.11 bits per heavy atom. The predicted octanol–water partition coefficient (Wildman–Crippen LogP) is 4.37. The van der Waals surface area contributed by atoms with E-state index in [2.05, 4.69) is 34.1 Å². The Bertz CT molecular complexity index is 375. The number of benzene rings is 1. The first-order valence-electron chi connectivity index (χ1n) is 6.24. The third-order valence-electron chi connectivity index (χ3n) is 2.74. The van der Waals surface area contributed by atoms with Crippen LogP contribution in [-0.2, 0) is 6.42 Å². The maximum atomic E-state index is 5.41. The van der Waals surface area contributed by atoms with E-state index >= 15 is 0 Å². The molecule has 0 aliphatic rings. The number of methoxy groups -OCH3 is 2. The molecule has 1 rings (SSSR count). The highest BCUT2D eigenvalue weighted by molar-refractivity contribution is 9.09. The molecule has 0 spiro atoms. The Labute approximate surface area is 118 Å². The summed E-state index contributed by atoms with van der Waals surface area (Å²) in [5.41, 5.74) is 1.20. The molecule has 3 heteroatoms. The zero-order valence-electron chi connectivity index (χ0n) is 11.1. The standard InChI is InChI=1S/C15H21BrO2/c1-17-14-11-8-10-13(15(14)18-2)9-6-4-3-5-7-12-16/h3-4,8,10-11H,5-7,9,12H2,1-2H3/b4-3+. The molecular formula is C15H21BrO2. The molecule has 0 aliphatic heterocycles. The minimum absolute atomic E-state index is 0.804.